The molecule has 3 fully saturated rings. The number of nitrogens with zero attached hydrogens (tertiary/aromatic N) is 4. The molecule has 18 nitrogen and oxygen atoms in total. The summed E-state index contributed by atoms with van der Waals surface area (Å²) < 4.78 is 9.20. The van der Waals surface area contributed by atoms with Gasteiger partial charge in [0.25, 0.3) is 11.8 Å². The number of β-lactam (4-membered cyclic amide) rings is 1. The van der Waals surface area contributed by atoms with Gasteiger partial charge in [0, 0.05) is 44.6 Å². The van der Waals surface area contributed by atoms with E-state index in [2.05, 4.69) is 10.7 Å². The molecule has 0 aromatic heterocycles. The topological polar surface area (TPSA) is 229 Å². The number of carboxylic acid groups (broad SMARTS) is 1. The highest BCUT2D eigenvalue weighted by Gasteiger charge is 2.73. The van der Waals surface area contributed by atoms with Crippen LogP contribution in [0.25, 0.3) is 0 Å². The van der Waals surface area contributed by atoms with Crippen LogP contribution in [0.5, 0.6) is 11.5 Å². The van der Waals surface area contributed by atoms with E-state index < -0.39 is 75.3 Å². The fraction of sp³-hybridized carbons (Fsp3) is 0.400. The average molecular weight is 767 g/mol. The van der Waals surface area contributed by atoms with Crippen LogP contribution in [-0.4, -0.2) is 120 Å². The fourth-order valence-corrected chi connectivity index (χ4v) is 8.57. The maximum Gasteiger partial charge on any atom is 0.331 e. The number of amides is 7. The van der Waals surface area contributed by atoms with E-state index in [-0.39, 0.29) is 49.5 Å². The molecule has 2 aromatic rings. The van der Waals surface area contributed by atoms with E-state index in [1.165, 1.54) is 21.9 Å². The van der Waals surface area contributed by atoms with Gasteiger partial charge in [-0.1, -0.05) is 36.4 Å². The van der Waals surface area contributed by atoms with Crippen molar-refractivity contribution >= 4 is 65.7 Å². The van der Waals surface area contributed by atoms with E-state index in [1.807, 2.05) is 0 Å². The Morgan fingerprint density at radius 1 is 0.981 bits per heavy atom. The molecule has 19 heteroatoms. The second kappa shape index (κ2) is 15.2. The van der Waals surface area contributed by atoms with Gasteiger partial charge in [0.2, 0.25) is 6.41 Å². The number of esters is 2. The number of fused-ring (bicyclic) bond motifs is 1. The molecule has 0 aliphatic carbocycles. The van der Waals surface area contributed by atoms with Gasteiger partial charge in [0.05, 0.1) is 0 Å². The molecule has 286 valence electrons. The fourth-order valence-electron chi connectivity index (χ4n) is 6.75. The van der Waals surface area contributed by atoms with Gasteiger partial charge in [-0.2, -0.15) is 0 Å². The summed E-state index contributed by atoms with van der Waals surface area (Å²) >= 11 is 1.14. The maximum absolute atomic E-state index is 14.1. The molecule has 1 unspecified atom stereocenters. The Balaban J connectivity index is 1.46. The Morgan fingerprint density at radius 2 is 1.63 bits per heavy atom. The molecule has 0 saturated carbocycles. The zero-order chi connectivity index (χ0) is 39.7. The van der Waals surface area contributed by atoms with Crippen molar-refractivity contribution in [2.75, 3.05) is 19.6 Å². The van der Waals surface area contributed by atoms with Gasteiger partial charge in [-0.3, -0.25) is 43.9 Å². The van der Waals surface area contributed by atoms with Crippen molar-refractivity contribution in [3.05, 3.63) is 59.7 Å². The number of rotatable bonds is 12. The van der Waals surface area contributed by atoms with E-state index in [9.17, 15) is 48.3 Å². The number of aliphatic carboxylic acids is 1. The molecule has 4 atom stereocenters. The minimum Gasteiger partial charge on any atom is -0.479 e. The average Bonchev–Trinajstić information content (AvgIpc) is 3.31. The number of urea groups is 1. The summed E-state index contributed by atoms with van der Waals surface area (Å²) in [7, 11) is 0. The second-order valence-electron chi connectivity index (χ2n) is 13.1. The van der Waals surface area contributed by atoms with Crippen molar-refractivity contribution in [3.63, 3.8) is 0 Å². The van der Waals surface area contributed by atoms with Crippen LogP contribution in [0.4, 0.5) is 4.79 Å². The minimum atomic E-state index is -1.79. The van der Waals surface area contributed by atoms with Crippen LogP contribution in [0.15, 0.2) is 48.5 Å². The standard InChI is InChI=1S/C35H38N6O12S/c1-6-38-14-15-39(30(48)29(38)47)33(51)36-25(22-12-13-23(52-19(2)43)24(16-22)53-20(3)44)27(45)37-40(18-42)26-28(46)41-31(26)54-34(4,5)35(41,32(49)50)17-21-10-8-7-9-11-21/h7-13,16,18,25-26,31H,6,14-15,17H2,1-5H3,(H,36,51)(H,37,45)(H,49,50)/t25?,26-,31-,35+/m1/s1. The molecule has 54 heavy (non-hydrogen) atoms. The highest BCUT2D eigenvalue weighted by Crippen LogP contribution is 2.58. The molecule has 3 aliphatic heterocycles. The predicted molar refractivity (Wildman–Crippen MR) is 187 cm³/mol. The number of ether oxygens (including phenoxy) is 2. The molecule has 2 aromatic carbocycles. The van der Waals surface area contributed by atoms with Gasteiger partial charge in [-0.05, 0) is 44.0 Å². The molecule has 5 rings (SSSR count). The molecule has 0 spiro atoms. The summed E-state index contributed by atoms with van der Waals surface area (Å²) in [6.07, 6.45) is 0.129. The van der Waals surface area contributed by atoms with E-state index in [0.29, 0.717) is 15.5 Å². The number of hydrazine groups is 1. The Labute approximate surface area is 313 Å². The van der Waals surface area contributed by atoms with Crippen LogP contribution in [0.2, 0.25) is 0 Å². The van der Waals surface area contributed by atoms with Crippen LogP contribution >= 0.6 is 11.8 Å². The van der Waals surface area contributed by atoms with Crippen molar-refractivity contribution in [1.82, 2.24) is 30.5 Å². The highest BCUT2D eigenvalue weighted by atomic mass is 32.2. The number of thioether (sulfide) groups is 1. The lowest BCUT2D eigenvalue weighted by atomic mass is 9.76. The molecule has 7 amide bonds. The largest absolute Gasteiger partial charge is 0.479 e. The lowest BCUT2D eigenvalue weighted by Gasteiger charge is -2.51. The summed E-state index contributed by atoms with van der Waals surface area (Å²) in [5.41, 5.74) is 1.16. The molecule has 3 saturated heterocycles. The van der Waals surface area contributed by atoms with E-state index >= 15 is 0 Å². The number of carbonyl (C=O) groups is 9. The smallest absolute Gasteiger partial charge is 0.331 e. The third kappa shape index (κ3) is 7.05. The van der Waals surface area contributed by atoms with Gasteiger partial charge in [-0.15, -0.1) is 11.8 Å². The minimum absolute atomic E-state index is 0.0236. The quantitative estimate of drug-likeness (QED) is 0.0672. The summed E-state index contributed by atoms with van der Waals surface area (Å²) in [5, 5.41) is 12.7. The highest BCUT2D eigenvalue weighted by molar-refractivity contribution is 8.01. The third-order valence-electron chi connectivity index (χ3n) is 9.42. The normalized spacial score (nSPS) is 22.0. The van der Waals surface area contributed by atoms with Gasteiger partial charge < -0.3 is 29.7 Å². The zero-order valence-corrected chi connectivity index (χ0v) is 30.7. The van der Waals surface area contributed by atoms with Crippen LogP contribution in [0, 0.1) is 0 Å². The summed E-state index contributed by atoms with van der Waals surface area (Å²) in [6, 6.07) is 7.95. The van der Waals surface area contributed by atoms with Crippen LogP contribution in [0.1, 0.15) is 51.8 Å². The van der Waals surface area contributed by atoms with Crippen molar-refractivity contribution in [1.29, 1.82) is 0 Å². The lowest BCUT2D eigenvalue weighted by molar-refractivity contribution is -0.179. The van der Waals surface area contributed by atoms with Crippen LogP contribution in [-0.2, 0) is 44.8 Å². The first-order chi connectivity index (χ1) is 25.5. The Kier molecular flexibility index (Phi) is 11.0. The number of carbonyl (C=O) groups excluding carboxylic acids is 8. The van der Waals surface area contributed by atoms with Crippen molar-refractivity contribution < 1.29 is 57.7 Å². The van der Waals surface area contributed by atoms with E-state index in [4.69, 9.17) is 9.47 Å². The zero-order valence-electron chi connectivity index (χ0n) is 29.9. The summed E-state index contributed by atoms with van der Waals surface area (Å²) in [4.78, 5) is 119. The van der Waals surface area contributed by atoms with Gasteiger partial charge in [0.1, 0.15) is 11.4 Å². The number of carboxylic acids is 1. The molecule has 0 bridgehead atoms. The van der Waals surface area contributed by atoms with E-state index in [0.717, 1.165) is 31.7 Å². The summed E-state index contributed by atoms with van der Waals surface area (Å²) in [5.74, 6) is -7.36. The number of nitrogens with one attached hydrogen (secondary N) is 2. The lowest BCUT2D eigenvalue weighted by Crippen LogP contribution is -2.77. The van der Waals surface area contributed by atoms with Crippen LogP contribution in [0.3, 0.4) is 0 Å². The molecular formula is C35H38N6O12S. The monoisotopic (exact) mass is 766 g/mol. The van der Waals surface area contributed by atoms with Gasteiger partial charge in [0.15, 0.2) is 23.1 Å². The number of piperazine rings is 1. The molecule has 3 aliphatic rings. The number of hydrogen-bond donors (Lipinski definition) is 3. The third-order valence-corrected chi connectivity index (χ3v) is 11.1. The molecular weight excluding hydrogens is 728 g/mol. The van der Waals surface area contributed by atoms with Crippen molar-refractivity contribution in [2.24, 2.45) is 0 Å². The van der Waals surface area contributed by atoms with Crippen LogP contribution < -0.4 is 20.2 Å². The Hall–Kier alpha value is -5.98. The predicted octanol–water partition coefficient (Wildman–Crippen LogP) is 0.597. The van der Waals surface area contributed by atoms with Gasteiger partial charge >= 0.3 is 35.8 Å². The summed E-state index contributed by atoms with van der Waals surface area (Å²) in [6.45, 7) is 7.21. The number of benzene rings is 2. The Morgan fingerprint density at radius 3 is 2.22 bits per heavy atom. The first-order valence-electron chi connectivity index (χ1n) is 16.7. The molecule has 3 N–H and O–H groups in total. The Bertz CT molecular complexity index is 1920. The first kappa shape index (κ1) is 39.2. The SMILES string of the molecule is CCN1CCN(C(=O)NC(C(=O)NN(C=O)[C@@H]2C(=O)N3[C@@H]2SC(C)(C)[C@]3(Cc2ccccc2)C(=O)O)c2ccc(OC(C)=O)c(OC(C)=O)c2)C(=O)C1=O. The number of likely N-dealkylation sites (N-methyl/N-ethyl adjacent to an activating group) is 1. The number of imide groups is 1. The number of hydrogen-bond acceptors (Lipinski definition) is 12. The molecule has 0 radical (unpaired) electrons. The van der Waals surface area contributed by atoms with Crippen molar-refractivity contribution in [2.45, 2.75) is 68.8 Å². The first-order valence-corrected chi connectivity index (χ1v) is 17.6. The molecule has 3 heterocycles. The maximum atomic E-state index is 14.1. The van der Waals surface area contributed by atoms with Gasteiger partial charge in [-0.25, -0.2) is 14.6 Å². The second-order valence-corrected chi connectivity index (χ2v) is 14.8. The van der Waals surface area contributed by atoms with E-state index in [1.54, 1.807) is 51.1 Å². The van der Waals surface area contributed by atoms with Crippen molar-refractivity contribution in [3.8, 4) is 11.5 Å².